The number of rotatable bonds is 2. The van der Waals surface area contributed by atoms with Crippen molar-refractivity contribution in [3.05, 3.63) is 33.4 Å². The van der Waals surface area contributed by atoms with Crippen molar-refractivity contribution in [2.45, 2.75) is 12.8 Å². The zero-order chi connectivity index (χ0) is 12.4. The highest BCUT2D eigenvalue weighted by molar-refractivity contribution is 6.02. The molecule has 1 heterocycles. The Labute approximate surface area is 111 Å². The van der Waals surface area contributed by atoms with Gasteiger partial charge in [0, 0.05) is 18.9 Å². The Morgan fingerprint density at radius 1 is 1.24 bits per heavy atom. The van der Waals surface area contributed by atoms with Crippen LogP contribution in [0.15, 0.2) is 24.3 Å². The van der Waals surface area contributed by atoms with Crippen molar-refractivity contribution in [1.29, 1.82) is 0 Å². The van der Waals surface area contributed by atoms with Crippen LogP contribution in [-0.4, -0.2) is 22.8 Å². The maximum Gasteiger partial charge on any atom is 0.364 e. The predicted molar refractivity (Wildman–Crippen MR) is 53.0 cm³/mol. The number of amides is 2. The summed E-state index contributed by atoms with van der Waals surface area (Å²) >= 11 is 1.76. The second-order valence-electron chi connectivity index (χ2n) is 3.49. The van der Waals surface area contributed by atoms with Gasteiger partial charge < -0.3 is 4.84 Å². The normalized spacial score (nSPS) is 15.2. The van der Waals surface area contributed by atoms with Crippen LogP contribution in [0.25, 0.3) is 0 Å². The van der Waals surface area contributed by atoms with Crippen molar-refractivity contribution in [2.75, 3.05) is 0 Å². The van der Waals surface area contributed by atoms with Gasteiger partial charge in [-0.1, -0.05) is 6.07 Å². The smallest absolute Gasteiger partial charge is 0.325 e. The van der Waals surface area contributed by atoms with Crippen molar-refractivity contribution in [1.82, 2.24) is 5.06 Å². The summed E-state index contributed by atoms with van der Waals surface area (Å²) in [6, 6.07) is 6.76. The number of hydrogen-bond donors (Lipinski definition) is 0. The Bertz CT molecular complexity index is 484. The molecule has 17 heavy (non-hydrogen) atoms. The Morgan fingerprint density at radius 2 is 1.88 bits per heavy atom. The monoisotopic (exact) mass is 346 g/mol. The quantitative estimate of drug-likeness (QED) is 0.434. The zero-order valence-corrected chi connectivity index (χ0v) is 11.0. The summed E-state index contributed by atoms with van der Waals surface area (Å²) in [6.45, 7) is 0. The Hall–Kier alpha value is -1.44. The van der Waals surface area contributed by atoms with Gasteiger partial charge in [0.2, 0.25) is 0 Å². The van der Waals surface area contributed by atoms with Crippen LogP contribution in [0.4, 0.5) is 0 Å². The van der Waals surface area contributed by atoms with Crippen LogP contribution in [0.5, 0.6) is 0 Å². The third kappa shape index (κ3) is 2.63. The van der Waals surface area contributed by atoms with Crippen LogP contribution < -0.4 is 22.6 Å². The van der Waals surface area contributed by atoms with Gasteiger partial charge in [0.1, 0.15) is 0 Å². The van der Waals surface area contributed by atoms with E-state index < -0.39 is 17.8 Å². The molecule has 0 atom stereocenters. The van der Waals surface area contributed by atoms with E-state index in [1.54, 1.807) is 40.8 Å². The number of nitrogens with zero attached hydrogens (tertiary/aromatic N) is 1. The molecule has 1 fully saturated rings. The third-order valence-electron chi connectivity index (χ3n) is 2.25. The molecule has 0 unspecified atom stereocenters. The molecule has 0 aromatic heterocycles. The van der Waals surface area contributed by atoms with Crippen LogP contribution in [0.3, 0.4) is 0 Å². The lowest BCUT2D eigenvalue weighted by Crippen LogP contribution is -3.34. The summed E-state index contributed by atoms with van der Waals surface area (Å²) < 4.78 is 0.911. The molecule has 0 bridgehead atoms. The molecule has 0 spiro atoms. The van der Waals surface area contributed by atoms with Gasteiger partial charge in [-0.25, -0.2) is 4.79 Å². The highest BCUT2D eigenvalue weighted by Crippen LogP contribution is 2.13. The molecule has 5 nitrogen and oxygen atoms in total. The van der Waals surface area contributed by atoms with Crippen molar-refractivity contribution >= 4 is 17.8 Å². The number of carbonyl (C=O) groups excluding carboxylic acids is 3. The molecule has 6 heteroatoms. The Balaban J connectivity index is 2.12. The Morgan fingerprint density at radius 3 is 2.47 bits per heavy atom. The van der Waals surface area contributed by atoms with Crippen LogP contribution in [0, 0.1) is 3.57 Å². The van der Waals surface area contributed by atoms with Gasteiger partial charge in [-0.2, -0.15) is 0 Å². The Kier molecular flexibility index (Phi) is 3.41. The summed E-state index contributed by atoms with van der Waals surface area (Å²) in [5.41, 5.74) is 0.320. The van der Waals surface area contributed by atoms with Crippen molar-refractivity contribution in [3.8, 4) is 0 Å². The molecule has 0 N–H and O–H groups in total. The number of imide groups is 1. The molecule has 1 aliphatic heterocycles. The van der Waals surface area contributed by atoms with Crippen molar-refractivity contribution < 1.29 is 41.8 Å². The number of hydroxylamine groups is 2. The van der Waals surface area contributed by atoms with Gasteiger partial charge in [-0.3, -0.25) is 9.59 Å². The van der Waals surface area contributed by atoms with E-state index in [-0.39, 0.29) is 12.8 Å². The summed E-state index contributed by atoms with van der Waals surface area (Å²) in [5, 5.41) is 0.547. The predicted octanol–water partition coefficient (Wildman–Crippen LogP) is -2.64. The highest BCUT2D eigenvalue weighted by Gasteiger charge is 2.33. The van der Waals surface area contributed by atoms with E-state index in [2.05, 4.69) is 0 Å². The lowest BCUT2D eigenvalue weighted by molar-refractivity contribution is -0.328. The van der Waals surface area contributed by atoms with E-state index in [4.69, 9.17) is 4.84 Å². The lowest BCUT2D eigenvalue weighted by atomic mass is 10.2. The first kappa shape index (κ1) is 12.0. The van der Waals surface area contributed by atoms with Gasteiger partial charge in [-0.15, -0.1) is 5.06 Å². The first-order valence-electron chi connectivity index (χ1n) is 4.93. The van der Waals surface area contributed by atoms with Crippen LogP contribution >= 0.6 is 0 Å². The van der Waals surface area contributed by atoms with Gasteiger partial charge in [0.05, 0.1) is 5.56 Å². The first-order valence-corrected chi connectivity index (χ1v) is 6.09. The fraction of sp³-hybridized carbons (Fsp3) is 0.182. The molecule has 2 rings (SSSR count). The van der Waals surface area contributed by atoms with E-state index in [0.717, 1.165) is 3.57 Å². The minimum Gasteiger partial charge on any atom is -0.325 e. The summed E-state index contributed by atoms with van der Waals surface area (Å²) in [5.74, 6) is -1.65. The molecule has 0 radical (unpaired) electrons. The largest absolute Gasteiger partial charge is 0.364 e. The number of hydrogen-bond acceptors (Lipinski definition) is 4. The van der Waals surface area contributed by atoms with E-state index in [0.29, 0.717) is 10.6 Å². The molecule has 88 valence electrons. The molecular weight excluding hydrogens is 337 g/mol. The third-order valence-corrected chi connectivity index (χ3v) is 2.97. The van der Waals surface area contributed by atoms with Gasteiger partial charge in [0.25, 0.3) is 34.4 Å². The minimum atomic E-state index is -0.695. The molecule has 0 aliphatic carbocycles. The average Bonchev–Trinajstić information content (AvgIpc) is 2.61. The number of carbonyl (C=O) groups is 3. The fourth-order valence-electron chi connectivity index (χ4n) is 1.42. The summed E-state index contributed by atoms with van der Waals surface area (Å²) in [4.78, 5) is 38.9. The van der Waals surface area contributed by atoms with Crippen LogP contribution in [-0.2, 0) is 14.4 Å². The first-order chi connectivity index (χ1) is 8.08. The van der Waals surface area contributed by atoms with Gasteiger partial charge >= 0.3 is 5.97 Å². The summed E-state index contributed by atoms with van der Waals surface area (Å²) in [7, 11) is 0. The SMILES string of the molecule is O=C(ON1C(=O)CCC1=O)c1cccc([IH+])c1. The standard InChI is InChI=1S/C11H9INO4/c12-8-3-1-2-7(6-8)11(16)17-13-9(14)4-5-10(13)15/h1-3,6,12H,4-5H2/q+1. The van der Waals surface area contributed by atoms with Crippen LogP contribution in [0.1, 0.15) is 23.2 Å². The van der Waals surface area contributed by atoms with Gasteiger partial charge in [-0.05, 0) is 12.1 Å². The van der Waals surface area contributed by atoms with Crippen molar-refractivity contribution in [2.24, 2.45) is 0 Å². The lowest BCUT2D eigenvalue weighted by Gasteiger charge is -2.12. The molecule has 1 aromatic carbocycles. The maximum absolute atomic E-state index is 11.7. The molecule has 2 amide bonds. The number of benzene rings is 1. The highest BCUT2D eigenvalue weighted by atomic mass is 127. The summed E-state index contributed by atoms with van der Waals surface area (Å²) in [6.07, 6.45) is 0.195. The maximum atomic E-state index is 11.7. The van der Waals surface area contributed by atoms with Crippen molar-refractivity contribution in [3.63, 3.8) is 0 Å². The number of halogens is 1. The topological polar surface area (TPSA) is 63.7 Å². The zero-order valence-electron chi connectivity index (χ0n) is 8.71. The van der Waals surface area contributed by atoms with Gasteiger partial charge in [0.15, 0.2) is 3.57 Å². The molecular formula is C11H9INO4+. The molecule has 0 saturated carbocycles. The van der Waals surface area contributed by atoms with E-state index >= 15 is 0 Å². The molecule has 1 aromatic rings. The van der Waals surface area contributed by atoms with E-state index in [9.17, 15) is 14.4 Å². The molecule has 1 saturated heterocycles. The second-order valence-corrected chi connectivity index (χ2v) is 4.83. The fourth-order valence-corrected chi connectivity index (χ4v) is 2.00. The molecule has 1 aliphatic rings. The minimum absolute atomic E-state index is 0.0976. The van der Waals surface area contributed by atoms with Crippen LogP contribution in [0.2, 0.25) is 0 Å². The van der Waals surface area contributed by atoms with E-state index in [1.165, 1.54) is 0 Å². The van der Waals surface area contributed by atoms with E-state index in [1.807, 2.05) is 6.07 Å². The second kappa shape index (κ2) is 4.82. The average molecular weight is 346 g/mol.